The molecule has 3 rings (SSSR count). The molecule has 0 unspecified atom stereocenters. The number of rotatable bonds is 3. The van der Waals surface area contributed by atoms with E-state index in [0.29, 0.717) is 27.0 Å². The second kappa shape index (κ2) is 6.66. The van der Waals surface area contributed by atoms with Gasteiger partial charge in [0, 0.05) is 5.30 Å². The Morgan fingerprint density at radius 1 is 0.692 bits per heavy atom. The van der Waals surface area contributed by atoms with Gasteiger partial charge in [0.25, 0.3) is 0 Å². The maximum Gasteiger partial charge on any atom is 0.178 e. The second-order valence-corrected chi connectivity index (χ2v) is 9.54. The van der Waals surface area contributed by atoms with Crippen molar-refractivity contribution in [3.63, 3.8) is 0 Å². The normalized spacial score (nSPS) is 11.5. The molecule has 0 fully saturated rings. The Labute approximate surface area is 154 Å². The molecule has 3 aromatic carbocycles. The third-order valence-corrected chi connectivity index (χ3v) is 7.71. The molecule has 3 aromatic rings. The van der Waals surface area contributed by atoms with Gasteiger partial charge in [-0.25, -0.2) is 0 Å². The van der Waals surface area contributed by atoms with Gasteiger partial charge in [0.15, 0.2) is 7.14 Å². The number of aryl methyl sites for hydroxylation is 4. The molecule has 0 spiro atoms. The van der Waals surface area contributed by atoms with Crippen molar-refractivity contribution in [3.8, 4) is 11.5 Å². The first-order chi connectivity index (χ1) is 12.2. The van der Waals surface area contributed by atoms with Crippen LogP contribution < -0.4 is 15.9 Å². The van der Waals surface area contributed by atoms with Crippen LogP contribution in [0.1, 0.15) is 22.3 Å². The van der Waals surface area contributed by atoms with Crippen molar-refractivity contribution < 1.29 is 14.8 Å². The minimum atomic E-state index is -3.46. The van der Waals surface area contributed by atoms with Crippen LogP contribution in [0.5, 0.6) is 11.5 Å². The Bertz CT molecular complexity index is 962. The molecule has 0 bridgehead atoms. The van der Waals surface area contributed by atoms with E-state index in [1.165, 1.54) is 0 Å². The zero-order valence-corrected chi connectivity index (χ0v) is 16.3. The molecule has 0 aliphatic carbocycles. The molecule has 0 heterocycles. The van der Waals surface area contributed by atoms with Gasteiger partial charge < -0.3 is 14.8 Å². The first-order valence-corrected chi connectivity index (χ1v) is 10.2. The van der Waals surface area contributed by atoms with E-state index in [2.05, 4.69) is 0 Å². The second-order valence-electron chi connectivity index (χ2n) is 6.84. The summed E-state index contributed by atoms with van der Waals surface area (Å²) < 4.78 is 14.5. The molecule has 4 heteroatoms. The Balaban J connectivity index is 2.47. The summed E-state index contributed by atoms with van der Waals surface area (Å²) in [6.45, 7) is 7.41. The van der Waals surface area contributed by atoms with E-state index in [4.69, 9.17) is 0 Å². The topological polar surface area (TPSA) is 57.5 Å². The minimum absolute atomic E-state index is 0.0151. The number of phenols is 2. The molecule has 0 atom stereocenters. The maximum absolute atomic E-state index is 14.5. The summed E-state index contributed by atoms with van der Waals surface area (Å²) in [4.78, 5) is 0. The van der Waals surface area contributed by atoms with Gasteiger partial charge in [0.2, 0.25) is 0 Å². The molecule has 0 saturated carbocycles. The smallest absolute Gasteiger partial charge is 0.178 e. The highest BCUT2D eigenvalue weighted by atomic mass is 31.2. The van der Waals surface area contributed by atoms with Gasteiger partial charge in [-0.05, 0) is 62.1 Å². The minimum Gasteiger partial charge on any atom is -0.507 e. The number of hydrogen-bond donors (Lipinski definition) is 2. The number of phenolic OH excluding ortho intramolecular Hbond substituents is 2. The molecule has 26 heavy (non-hydrogen) atoms. The molecular formula is C22H23O3P. The third kappa shape index (κ3) is 2.93. The highest BCUT2D eigenvalue weighted by molar-refractivity contribution is 7.85. The molecule has 0 radical (unpaired) electrons. The maximum atomic E-state index is 14.5. The van der Waals surface area contributed by atoms with Crippen molar-refractivity contribution in [2.24, 2.45) is 0 Å². The molecule has 134 valence electrons. The predicted molar refractivity (Wildman–Crippen MR) is 108 cm³/mol. The lowest BCUT2D eigenvalue weighted by Gasteiger charge is -2.24. The van der Waals surface area contributed by atoms with Gasteiger partial charge in [0.05, 0.1) is 10.6 Å². The van der Waals surface area contributed by atoms with Gasteiger partial charge >= 0.3 is 0 Å². The van der Waals surface area contributed by atoms with Crippen LogP contribution in [0, 0.1) is 27.7 Å². The number of aromatic hydroxyl groups is 2. The van der Waals surface area contributed by atoms with Gasteiger partial charge in [-0.2, -0.15) is 0 Å². The molecular weight excluding hydrogens is 343 g/mol. The lowest BCUT2D eigenvalue weighted by molar-refractivity contribution is 0.473. The molecule has 2 N–H and O–H groups in total. The van der Waals surface area contributed by atoms with Crippen molar-refractivity contribution in [1.82, 2.24) is 0 Å². The lowest BCUT2D eigenvalue weighted by atomic mass is 10.1. The Hall–Kier alpha value is -2.51. The largest absolute Gasteiger partial charge is 0.507 e. The van der Waals surface area contributed by atoms with Crippen LogP contribution in [-0.2, 0) is 4.57 Å². The monoisotopic (exact) mass is 366 g/mol. The Morgan fingerprint density at radius 3 is 1.54 bits per heavy atom. The van der Waals surface area contributed by atoms with E-state index in [0.717, 1.165) is 11.1 Å². The van der Waals surface area contributed by atoms with Gasteiger partial charge in [-0.1, -0.05) is 42.5 Å². The fraction of sp³-hybridized carbons (Fsp3) is 0.182. The summed E-state index contributed by atoms with van der Waals surface area (Å²) in [5, 5.41) is 22.8. The van der Waals surface area contributed by atoms with Crippen molar-refractivity contribution in [2.45, 2.75) is 27.7 Å². The predicted octanol–water partition coefficient (Wildman–Crippen LogP) is 3.97. The van der Waals surface area contributed by atoms with Crippen molar-refractivity contribution in [2.75, 3.05) is 0 Å². The first kappa shape index (κ1) is 18.3. The van der Waals surface area contributed by atoms with Gasteiger partial charge in [-0.15, -0.1) is 0 Å². The summed E-state index contributed by atoms with van der Waals surface area (Å²) in [6, 6.07) is 16.3. The van der Waals surface area contributed by atoms with Crippen LogP contribution in [-0.4, -0.2) is 10.2 Å². The molecule has 3 nitrogen and oxygen atoms in total. The number of hydrogen-bond acceptors (Lipinski definition) is 3. The van der Waals surface area contributed by atoms with Crippen LogP contribution >= 0.6 is 7.14 Å². The molecule has 0 aliphatic heterocycles. The molecule has 0 aromatic heterocycles. The van der Waals surface area contributed by atoms with E-state index in [1.54, 1.807) is 38.1 Å². The standard InChI is InChI=1S/C22H23O3P/c1-14-10-16(3)21(23)19(12-14)26(25,18-8-6-5-7-9-18)20-13-15(2)11-17(4)22(20)24/h5-13,23-24H,1-4H3. The zero-order chi connectivity index (χ0) is 19.1. The third-order valence-electron chi connectivity index (χ3n) is 4.65. The van der Waals surface area contributed by atoms with Crippen LogP contribution in [0.2, 0.25) is 0 Å². The fourth-order valence-corrected chi connectivity index (χ4v) is 6.53. The average Bonchev–Trinajstić information content (AvgIpc) is 2.61. The highest BCUT2D eigenvalue weighted by Gasteiger charge is 2.36. The van der Waals surface area contributed by atoms with Crippen LogP contribution in [0.3, 0.4) is 0 Å². The highest BCUT2D eigenvalue weighted by Crippen LogP contribution is 2.48. The van der Waals surface area contributed by atoms with Crippen LogP contribution in [0.15, 0.2) is 54.6 Å². The average molecular weight is 366 g/mol. The SMILES string of the molecule is Cc1cc(C)c(O)c(P(=O)(c2ccccc2)c2cc(C)cc(C)c2O)c1. The summed E-state index contributed by atoms with van der Waals surface area (Å²) in [5.74, 6) is 0.0303. The Morgan fingerprint density at radius 2 is 1.12 bits per heavy atom. The van der Waals surface area contributed by atoms with E-state index in [9.17, 15) is 14.8 Å². The van der Waals surface area contributed by atoms with E-state index in [-0.39, 0.29) is 11.5 Å². The lowest BCUT2D eigenvalue weighted by Crippen LogP contribution is -2.26. The van der Waals surface area contributed by atoms with Gasteiger partial charge in [0.1, 0.15) is 11.5 Å². The fourth-order valence-electron chi connectivity index (χ4n) is 3.40. The van der Waals surface area contributed by atoms with Crippen LogP contribution in [0.4, 0.5) is 0 Å². The van der Waals surface area contributed by atoms with Crippen molar-refractivity contribution in [1.29, 1.82) is 0 Å². The summed E-state index contributed by atoms with van der Waals surface area (Å²) in [5.41, 5.74) is 3.16. The van der Waals surface area contributed by atoms with Crippen molar-refractivity contribution >= 4 is 23.1 Å². The van der Waals surface area contributed by atoms with E-state index >= 15 is 0 Å². The Kier molecular flexibility index (Phi) is 4.68. The first-order valence-electron chi connectivity index (χ1n) is 8.52. The van der Waals surface area contributed by atoms with Crippen molar-refractivity contribution in [3.05, 3.63) is 76.9 Å². The summed E-state index contributed by atoms with van der Waals surface area (Å²) in [6.07, 6.45) is 0. The molecule has 0 aliphatic rings. The molecule has 0 saturated heterocycles. The van der Waals surface area contributed by atoms with E-state index < -0.39 is 7.14 Å². The summed E-state index contributed by atoms with van der Waals surface area (Å²) in [7, 11) is -3.46. The molecule has 0 amide bonds. The quantitative estimate of drug-likeness (QED) is 0.690. The zero-order valence-electron chi connectivity index (χ0n) is 15.4. The van der Waals surface area contributed by atoms with Gasteiger partial charge in [-0.3, -0.25) is 0 Å². The summed E-state index contributed by atoms with van der Waals surface area (Å²) >= 11 is 0. The number of benzene rings is 3. The van der Waals surface area contributed by atoms with E-state index in [1.807, 2.05) is 44.2 Å². The van der Waals surface area contributed by atoms with Crippen LogP contribution in [0.25, 0.3) is 0 Å².